The van der Waals surface area contributed by atoms with Gasteiger partial charge in [0.25, 0.3) is 0 Å². The third-order valence-corrected chi connectivity index (χ3v) is 2.37. The fourth-order valence-corrected chi connectivity index (χ4v) is 1.29. The molecule has 0 atom stereocenters. The highest BCUT2D eigenvalue weighted by atomic mass is 35.5. The van der Waals surface area contributed by atoms with Crippen molar-refractivity contribution in [3.05, 3.63) is 33.8 Å². The first-order chi connectivity index (χ1) is 5.75. The monoisotopic (exact) mass is 203 g/mol. The van der Waals surface area contributed by atoms with E-state index in [4.69, 9.17) is 27.9 Å². The molecule has 65 valence electrons. The molecular weight excluding hydrogens is 195 g/mol. The first-order valence-electron chi connectivity index (χ1n) is 3.59. The van der Waals surface area contributed by atoms with Crippen LogP contribution in [0.15, 0.2) is 12.1 Å². The Hall–Kier alpha value is -0.240. The van der Waals surface area contributed by atoms with Crippen LogP contribution in [0.4, 0.5) is 0 Å². The number of hydrogen-bond donors (Lipinski definition) is 0. The van der Waals surface area contributed by atoms with Gasteiger partial charge < -0.3 is 4.74 Å². The second kappa shape index (κ2) is 4.70. The molecule has 0 aromatic heterocycles. The Morgan fingerprint density at radius 2 is 2.25 bits per heavy atom. The lowest BCUT2D eigenvalue weighted by Gasteiger charge is -2.03. The topological polar surface area (TPSA) is 9.23 Å². The van der Waals surface area contributed by atoms with Gasteiger partial charge in [-0.1, -0.05) is 35.3 Å². The van der Waals surface area contributed by atoms with Crippen molar-refractivity contribution < 1.29 is 4.74 Å². The minimum atomic E-state index is 0.477. The normalized spacial score (nSPS) is 10.2. The Labute approximate surface area is 82.2 Å². The van der Waals surface area contributed by atoms with E-state index in [1.54, 1.807) is 13.2 Å². The summed E-state index contributed by atoms with van der Waals surface area (Å²) in [5, 5.41) is 1.06. The minimum Gasteiger partial charge on any atom is -0.384 e. The van der Waals surface area contributed by atoms with Gasteiger partial charge in [0.05, 0.1) is 16.7 Å². The number of methoxy groups -OCH3 is 1. The molecule has 0 spiro atoms. The number of ether oxygens (including phenoxy) is 1. The summed E-state index contributed by atoms with van der Waals surface area (Å²) < 4.78 is 4.93. The molecule has 1 radical (unpaired) electrons. The van der Waals surface area contributed by atoms with E-state index in [1.165, 1.54) is 0 Å². The van der Waals surface area contributed by atoms with Gasteiger partial charge in [0.15, 0.2) is 0 Å². The van der Waals surface area contributed by atoms with Crippen molar-refractivity contribution in [2.24, 2.45) is 0 Å². The van der Waals surface area contributed by atoms with E-state index in [0.717, 1.165) is 12.0 Å². The molecule has 1 aromatic carbocycles. The Morgan fingerprint density at radius 3 is 2.92 bits per heavy atom. The van der Waals surface area contributed by atoms with Gasteiger partial charge in [0.2, 0.25) is 0 Å². The van der Waals surface area contributed by atoms with Crippen LogP contribution in [0.25, 0.3) is 0 Å². The van der Waals surface area contributed by atoms with Crippen molar-refractivity contribution in [3.8, 4) is 0 Å². The summed E-state index contributed by atoms with van der Waals surface area (Å²) in [6.45, 7) is 0.653. The number of rotatable bonds is 3. The van der Waals surface area contributed by atoms with Crippen molar-refractivity contribution in [1.82, 2.24) is 0 Å². The summed E-state index contributed by atoms with van der Waals surface area (Å²) in [6.07, 6.45) is 0.781. The van der Waals surface area contributed by atoms with Crippen LogP contribution < -0.4 is 0 Å². The van der Waals surface area contributed by atoms with E-state index in [0.29, 0.717) is 16.7 Å². The number of halogens is 2. The molecule has 0 bridgehead atoms. The van der Waals surface area contributed by atoms with E-state index in [1.807, 2.05) is 6.07 Å². The van der Waals surface area contributed by atoms with Crippen molar-refractivity contribution in [2.75, 3.05) is 13.7 Å². The lowest BCUT2D eigenvalue weighted by molar-refractivity contribution is 0.202. The Balaban J connectivity index is 2.78. The van der Waals surface area contributed by atoms with E-state index < -0.39 is 0 Å². The van der Waals surface area contributed by atoms with Crippen LogP contribution in [-0.2, 0) is 11.2 Å². The quantitative estimate of drug-likeness (QED) is 0.735. The van der Waals surface area contributed by atoms with Gasteiger partial charge in [0.1, 0.15) is 0 Å². The van der Waals surface area contributed by atoms with Gasteiger partial charge in [-0.3, -0.25) is 0 Å². The van der Waals surface area contributed by atoms with Gasteiger partial charge in [-0.05, 0) is 12.0 Å². The predicted molar refractivity (Wildman–Crippen MR) is 50.9 cm³/mol. The average molecular weight is 204 g/mol. The number of benzene rings is 1. The van der Waals surface area contributed by atoms with Crippen LogP contribution in [0.1, 0.15) is 5.56 Å². The average Bonchev–Trinajstić information content (AvgIpc) is 2.08. The van der Waals surface area contributed by atoms with E-state index in [-0.39, 0.29) is 0 Å². The van der Waals surface area contributed by atoms with Crippen LogP contribution in [-0.4, -0.2) is 13.7 Å². The molecule has 0 saturated heterocycles. The summed E-state index contributed by atoms with van der Waals surface area (Å²) >= 11 is 11.7. The second-order valence-corrected chi connectivity index (χ2v) is 3.13. The summed E-state index contributed by atoms with van der Waals surface area (Å²) in [5.41, 5.74) is 1.00. The standard InChI is InChI=1S/C9H9Cl2O/c1-12-6-5-7-3-2-4-8(10)9(7)11/h2-3H,5-6H2,1H3. The zero-order chi connectivity index (χ0) is 8.97. The van der Waals surface area contributed by atoms with Gasteiger partial charge in [-0.25, -0.2) is 0 Å². The third kappa shape index (κ3) is 2.37. The molecule has 0 saturated carbocycles. The zero-order valence-electron chi connectivity index (χ0n) is 6.73. The maximum absolute atomic E-state index is 5.91. The third-order valence-electron chi connectivity index (χ3n) is 1.54. The molecule has 0 heterocycles. The summed E-state index contributed by atoms with van der Waals surface area (Å²) in [6, 6.07) is 6.47. The fourth-order valence-electron chi connectivity index (χ4n) is 0.898. The van der Waals surface area contributed by atoms with Gasteiger partial charge >= 0.3 is 0 Å². The van der Waals surface area contributed by atoms with E-state index in [9.17, 15) is 0 Å². The Kier molecular flexibility index (Phi) is 3.86. The lowest BCUT2D eigenvalue weighted by Crippen LogP contribution is -1.95. The van der Waals surface area contributed by atoms with E-state index in [2.05, 4.69) is 6.07 Å². The summed E-state index contributed by atoms with van der Waals surface area (Å²) in [7, 11) is 1.66. The number of hydrogen-bond acceptors (Lipinski definition) is 1. The highest BCUT2D eigenvalue weighted by Crippen LogP contribution is 2.25. The Bertz CT molecular complexity index is 261. The second-order valence-electron chi connectivity index (χ2n) is 2.37. The van der Waals surface area contributed by atoms with Gasteiger partial charge in [-0.15, -0.1) is 0 Å². The lowest BCUT2D eigenvalue weighted by atomic mass is 10.2. The molecule has 12 heavy (non-hydrogen) atoms. The fraction of sp³-hybridized carbons (Fsp3) is 0.333. The minimum absolute atomic E-state index is 0.477. The van der Waals surface area contributed by atoms with Crippen molar-refractivity contribution in [2.45, 2.75) is 6.42 Å². The van der Waals surface area contributed by atoms with Gasteiger partial charge in [0, 0.05) is 13.2 Å². The first kappa shape index (κ1) is 9.85. The van der Waals surface area contributed by atoms with Crippen molar-refractivity contribution in [1.29, 1.82) is 0 Å². The van der Waals surface area contributed by atoms with Gasteiger partial charge in [-0.2, -0.15) is 0 Å². The van der Waals surface area contributed by atoms with Crippen molar-refractivity contribution >= 4 is 23.2 Å². The van der Waals surface area contributed by atoms with Crippen LogP contribution in [0.5, 0.6) is 0 Å². The van der Waals surface area contributed by atoms with Crippen LogP contribution in [0.2, 0.25) is 10.0 Å². The Morgan fingerprint density at radius 1 is 1.50 bits per heavy atom. The smallest absolute Gasteiger partial charge is 0.0674 e. The molecule has 1 aromatic rings. The summed E-state index contributed by atoms with van der Waals surface area (Å²) in [4.78, 5) is 0. The molecule has 0 unspecified atom stereocenters. The largest absolute Gasteiger partial charge is 0.384 e. The molecule has 0 N–H and O–H groups in total. The van der Waals surface area contributed by atoms with Crippen LogP contribution >= 0.6 is 23.2 Å². The first-order valence-corrected chi connectivity index (χ1v) is 4.35. The molecule has 0 aliphatic carbocycles. The van der Waals surface area contributed by atoms with E-state index >= 15 is 0 Å². The maximum atomic E-state index is 5.91. The molecule has 0 aliphatic heterocycles. The molecular formula is C9H9Cl2O. The summed E-state index contributed by atoms with van der Waals surface area (Å²) in [5.74, 6) is 0. The molecule has 0 fully saturated rings. The highest BCUT2D eigenvalue weighted by Gasteiger charge is 2.03. The molecule has 0 aliphatic rings. The SMILES string of the molecule is COCCc1cc[c]c(Cl)c1Cl. The van der Waals surface area contributed by atoms with Crippen molar-refractivity contribution in [3.63, 3.8) is 0 Å². The predicted octanol–water partition coefficient (Wildman–Crippen LogP) is 2.98. The molecule has 3 heteroatoms. The molecule has 1 rings (SSSR count). The molecule has 0 amide bonds. The maximum Gasteiger partial charge on any atom is 0.0674 e. The molecule has 1 nitrogen and oxygen atoms in total. The highest BCUT2D eigenvalue weighted by molar-refractivity contribution is 6.42. The van der Waals surface area contributed by atoms with Crippen LogP contribution in [0.3, 0.4) is 0 Å². The van der Waals surface area contributed by atoms with Crippen LogP contribution in [0, 0.1) is 6.07 Å². The zero-order valence-corrected chi connectivity index (χ0v) is 8.24.